The van der Waals surface area contributed by atoms with Gasteiger partial charge >= 0.3 is 5.97 Å². The first kappa shape index (κ1) is 26.9. The maximum Gasteiger partial charge on any atom is 0.304 e. The van der Waals surface area contributed by atoms with Gasteiger partial charge in [-0.2, -0.15) is 0 Å². The van der Waals surface area contributed by atoms with Gasteiger partial charge in [-0.25, -0.2) is 0 Å². The van der Waals surface area contributed by atoms with Crippen molar-refractivity contribution in [3.05, 3.63) is 47.5 Å². The third-order valence-corrected chi connectivity index (χ3v) is 10.5. The number of oxime groups is 1. The lowest BCUT2D eigenvalue weighted by Crippen LogP contribution is -2.51. The highest BCUT2D eigenvalue weighted by Gasteiger charge is 2.58. The minimum Gasteiger partial charge on any atom is -0.481 e. The number of carbonyl (C=O) groups is 2. The summed E-state index contributed by atoms with van der Waals surface area (Å²) in [6.07, 6.45) is 10.6. The van der Waals surface area contributed by atoms with E-state index < -0.39 is 5.97 Å². The van der Waals surface area contributed by atoms with Crippen LogP contribution in [0.3, 0.4) is 0 Å². The molecule has 1 amide bonds. The van der Waals surface area contributed by atoms with Crippen LogP contribution in [-0.4, -0.2) is 47.1 Å². The average Bonchev–Trinajstić information content (AvgIpc) is 3.21. The zero-order valence-corrected chi connectivity index (χ0v) is 22.7. The molecule has 206 valence electrons. The number of fused-ring (bicyclic) bond motifs is 5. The van der Waals surface area contributed by atoms with E-state index in [0.717, 1.165) is 43.4 Å². The Morgan fingerprint density at radius 3 is 2.63 bits per heavy atom. The second-order valence-corrected chi connectivity index (χ2v) is 12.5. The summed E-state index contributed by atoms with van der Waals surface area (Å²) in [5.74, 6) is 0.506. The topological polar surface area (TPSA) is 108 Å². The minimum atomic E-state index is -0.898. The average molecular weight is 523 g/mol. The van der Waals surface area contributed by atoms with Crippen LogP contribution in [0, 0.1) is 28.6 Å². The Labute approximate surface area is 225 Å². The Bertz CT molecular complexity index is 1100. The molecule has 4 aliphatic rings. The molecule has 7 heteroatoms. The van der Waals surface area contributed by atoms with Gasteiger partial charge in [-0.1, -0.05) is 54.9 Å². The summed E-state index contributed by atoms with van der Waals surface area (Å²) in [6.45, 7) is 4.81. The highest BCUT2D eigenvalue weighted by atomic mass is 16.6. The zero-order chi connectivity index (χ0) is 26.9. The van der Waals surface area contributed by atoms with Gasteiger partial charge in [0.05, 0.1) is 18.2 Å². The number of allylic oxidation sites excluding steroid dienone is 2. The molecule has 0 bridgehead atoms. The lowest BCUT2D eigenvalue weighted by molar-refractivity contribution is -0.137. The summed E-state index contributed by atoms with van der Waals surface area (Å²) >= 11 is 0. The maximum atomic E-state index is 12.4. The molecule has 0 heterocycles. The number of hydrogen-bond acceptors (Lipinski definition) is 5. The number of nitrogens with zero attached hydrogens (tertiary/aromatic N) is 1. The predicted molar refractivity (Wildman–Crippen MR) is 146 cm³/mol. The van der Waals surface area contributed by atoms with E-state index in [4.69, 9.17) is 4.84 Å². The van der Waals surface area contributed by atoms with Gasteiger partial charge in [0.2, 0.25) is 0 Å². The Hall–Kier alpha value is -2.67. The van der Waals surface area contributed by atoms with Crippen LogP contribution in [0.1, 0.15) is 83.1 Å². The van der Waals surface area contributed by atoms with Crippen LogP contribution >= 0.6 is 0 Å². The first-order chi connectivity index (χ1) is 18.2. The van der Waals surface area contributed by atoms with Gasteiger partial charge in [0, 0.05) is 12.5 Å². The molecule has 0 unspecified atom stereocenters. The maximum absolute atomic E-state index is 12.4. The number of carbonyl (C=O) groups excluding carboxylic acids is 1. The van der Waals surface area contributed by atoms with Gasteiger partial charge in [0.1, 0.15) is 0 Å². The van der Waals surface area contributed by atoms with Crippen molar-refractivity contribution in [2.75, 3.05) is 13.2 Å². The first-order valence-electron chi connectivity index (χ1n) is 14.3. The van der Waals surface area contributed by atoms with Crippen molar-refractivity contribution in [1.82, 2.24) is 5.32 Å². The van der Waals surface area contributed by atoms with E-state index in [1.165, 1.54) is 24.8 Å². The molecule has 0 saturated heterocycles. The monoisotopic (exact) mass is 522 g/mol. The predicted octanol–water partition coefficient (Wildman–Crippen LogP) is 5.06. The number of carboxylic acid groups (broad SMARTS) is 1. The Balaban J connectivity index is 1.16. The summed E-state index contributed by atoms with van der Waals surface area (Å²) in [4.78, 5) is 29.1. The Morgan fingerprint density at radius 1 is 1.08 bits per heavy atom. The molecule has 38 heavy (non-hydrogen) atoms. The second-order valence-electron chi connectivity index (χ2n) is 12.5. The van der Waals surface area contributed by atoms with Crippen LogP contribution < -0.4 is 5.32 Å². The molecule has 1 aromatic rings. The van der Waals surface area contributed by atoms with Crippen LogP contribution in [0.5, 0.6) is 0 Å². The quantitative estimate of drug-likeness (QED) is 0.414. The highest BCUT2D eigenvalue weighted by Crippen LogP contribution is 2.65. The van der Waals surface area contributed by atoms with Gasteiger partial charge in [-0.15, -0.1) is 0 Å². The third kappa shape index (κ3) is 5.14. The van der Waals surface area contributed by atoms with Gasteiger partial charge in [0.15, 0.2) is 6.61 Å². The van der Waals surface area contributed by atoms with Crippen molar-refractivity contribution in [1.29, 1.82) is 0 Å². The number of aliphatic hydroxyl groups is 1. The van der Waals surface area contributed by atoms with Crippen molar-refractivity contribution in [2.24, 2.45) is 33.7 Å². The van der Waals surface area contributed by atoms with Crippen LogP contribution in [-0.2, 0) is 14.4 Å². The van der Waals surface area contributed by atoms with Gasteiger partial charge < -0.3 is 20.4 Å². The molecule has 4 aliphatic carbocycles. The SMILES string of the molecule is C[C@]12CC[C@H]3[C@@H](CCC4=C/C(=N\OCC(=O)NC[C@H](CC(=O)O)c5ccccc5)CC[C@@]43C)[C@@H]1CC[C@@H]2O. The largest absolute Gasteiger partial charge is 0.481 e. The van der Waals surface area contributed by atoms with E-state index in [0.29, 0.717) is 17.8 Å². The summed E-state index contributed by atoms with van der Waals surface area (Å²) in [7, 11) is 0. The van der Waals surface area contributed by atoms with E-state index in [1.807, 2.05) is 30.3 Å². The Kier molecular flexibility index (Phi) is 7.67. The molecule has 0 aromatic heterocycles. The number of nitrogens with one attached hydrogen (secondary N) is 1. The summed E-state index contributed by atoms with van der Waals surface area (Å²) in [6, 6.07) is 9.37. The van der Waals surface area contributed by atoms with Crippen LogP contribution in [0.4, 0.5) is 0 Å². The molecule has 3 saturated carbocycles. The fraction of sp³-hybridized carbons (Fsp3) is 0.645. The lowest BCUT2D eigenvalue weighted by Gasteiger charge is -2.57. The van der Waals surface area contributed by atoms with Crippen molar-refractivity contribution in [2.45, 2.75) is 83.7 Å². The standard InChI is InChI=1S/C31H42N2O5/c1-30-14-12-23(17-22(30)8-9-24-25-10-11-27(34)31(25,2)15-13-26(24)30)33-38-19-28(35)32-18-21(16-29(36)37)20-6-4-3-5-7-20/h3-7,17,21,24-27,34H,8-16,18-19H2,1-2H3,(H,32,35)(H,36,37)/b33-23-/t21-,24-,25-,26-,27-,30-,31-/m0/s1. The number of aliphatic carboxylic acids is 1. The van der Waals surface area contributed by atoms with E-state index in [-0.39, 0.29) is 48.3 Å². The normalized spacial score (nSPS) is 35.9. The lowest BCUT2D eigenvalue weighted by atomic mass is 9.47. The molecule has 7 atom stereocenters. The minimum absolute atomic E-state index is 0.0534. The van der Waals surface area contributed by atoms with Crippen molar-refractivity contribution >= 4 is 17.6 Å². The molecule has 1 aromatic carbocycles. The van der Waals surface area contributed by atoms with Crippen molar-refractivity contribution in [3.8, 4) is 0 Å². The zero-order valence-electron chi connectivity index (χ0n) is 22.7. The molecule has 0 aliphatic heterocycles. The summed E-state index contributed by atoms with van der Waals surface area (Å²) in [5, 5.41) is 27.0. The van der Waals surface area contributed by atoms with Gasteiger partial charge in [-0.05, 0) is 91.6 Å². The molecule has 5 rings (SSSR count). The summed E-state index contributed by atoms with van der Waals surface area (Å²) < 4.78 is 0. The van der Waals surface area contributed by atoms with E-state index in [1.54, 1.807) is 0 Å². The van der Waals surface area contributed by atoms with E-state index >= 15 is 0 Å². The molecule has 0 spiro atoms. The van der Waals surface area contributed by atoms with Gasteiger partial charge in [-0.3, -0.25) is 9.59 Å². The fourth-order valence-corrected chi connectivity index (χ4v) is 8.32. The number of benzene rings is 1. The van der Waals surface area contributed by atoms with E-state index in [2.05, 4.69) is 30.4 Å². The molecule has 0 radical (unpaired) electrons. The second kappa shape index (κ2) is 10.8. The molecule has 3 fully saturated rings. The fourth-order valence-electron chi connectivity index (χ4n) is 8.32. The number of hydrogen-bond donors (Lipinski definition) is 3. The van der Waals surface area contributed by atoms with E-state index in [9.17, 15) is 19.8 Å². The van der Waals surface area contributed by atoms with Crippen LogP contribution in [0.2, 0.25) is 0 Å². The number of amides is 1. The first-order valence-corrected chi connectivity index (χ1v) is 14.3. The highest BCUT2D eigenvalue weighted by molar-refractivity contribution is 5.96. The smallest absolute Gasteiger partial charge is 0.304 e. The Morgan fingerprint density at radius 2 is 1.87 bits per heavy atom. The number of aliphatic hydroxyl groups excluding tert-OH is 1. The molecule has 7 nitrogen and oxygen atoms in total. The number of rotatable bonds is 8. The molecular weight excluding hydrogens is 480 g/mol. The number of carboxylic acids is 1. The van der Waals surface area contributed by atoms with Crippen LogP contribution in [0.15, 0.2) is 47.1 Å². The van der Waals surface area contributed by atoms with Crippen LogP contribution in [0.25, 0.3) is 0 Å². The molecule has 3 N–H and O–H groups in total. The summed E-state index contributed by atoms with van der Waals surface area (Å²) in [5.41, 5.74) is 3.54. The third-order valence-electron chi connectivity index (χ3n) is 10.5. The van der Waals surface area contributed by atoms with Gasteiger partial charge in [0.25, 0.3) is 5.91 Å². The van der Waals surface area contributed by atoms with Crippen molar-refractivity contribution in [3.63, 3.8) is 0 Å². The molecular formula is C31H42N2O5. The van der Waals surface area contributed by atoms with Crippen molar-refractivity contribution < 1.29 is 24.6 Å².